The van der Waals surface area contributed by atoms with Crippen LogP contribution in [0.4, 0.5) is 11.4 Å². The number of aliphatic hydroxyl groups is 1. The van der Waals surface area contributed by atoms with Crippen LogP contribution < -0.4 is 10.6 Å². The normalized spacial score (nSPS) is 16.4. The van der Waals surface area contributed by atoms with E-state index >= 15 is 0 Å². The zero-order valence-corrected chi connectivity index (χ0v) is 9.31. The lowest BCUT2D eigenvalue weighted by molar-refractivity contribution is -0.117. The number of rotatable bonds is 3. The molecule has 1 atom stereocenters. The number of hydrogen-bond acceptors (Lipinski definition) is 3. The molecule has 0 radical (unpaired) electrons. The van der Waals surface area contributed by atoms with E-state index in [1.807, 2.05) is 19.1 Å². The van der Waals surface area contributed by atoms with Gasteiger partial charge in [-0.1, -0.05) is 6.92 Å². The van der Waals surface area contributed by atoms with E-state index < -0.39 is 0 Å². The molecule has 2 rings (SSSR count). The van der Waals surface area contributed by atoms with Gasteiger partial charge < -0.3 is 15.7 Å². The summed E-state index contributed by atoms with van der Waals surface area (Å²) in [5.41, 5.74) is 8.27. The number of anilines is 2. The lowest BCUT2D eigenvalue weighted by Crippen LogP contribution is -2.32. The summed E-state index contributed by atoms with van der Waals surface area (Å²) in [5.74, 6) is 0.174. The molecule has 1 aromatic rings. The molecule has 1 amide bonds. The highest BCUT2D eigenvalue weighted by molar-refractivity contribution is 6.01. The van der Waals surface area contributed by atoms with Crippen LogP contribution in [0, 0.1) is 5.92 Å². The third-order valence-corrected chi connectivity index (χ3v) is 2.84. The number of nitrogens with zero attached hydrogens (tertiary/aromatic N) is 1. The van der Waals surface area contributed by atoms with Gasteiger partial charge in [-0.3, -0.25) is 4.79 Å². The summed E-state index contributed by atoms with van der Waals surface area (Å²) in [6.45, 7) is 2.57. The van der Waals surface area contributed by atoms with Crippen molar-refractivity contribution in [2.45, 2.75) is 13.3 Å². The summed E-state index contributed by atoms with van der Waals surface area (Å²) in [6, 6.07) is 5.52. The number of nitrogen functional groups attached to an aromatic ring is 1. The number of hydrogen-bond donors (Lipinski definition) is 2. The minimum Gasteiger partial charge on any atom is -0.399 e. The largest absolute Gasteiger partial charge is 0.399 e. The number of benzene rings is 1. The van der Waals surface area contributed by atoms with Gasteiger partial charge in [-0.2, -0.15) is 0 Å². The highest BCUT2D eigenvalue weighted by Gasteiger charge is 2.27. The van der Waals surface area contributed by atoms with Crippen LogP contribution in [0.5, 0.6) is 0 Å². The number of carbonyl (C=O) groups excluding carboxylic acids is 1. The fourth-order valence-electron chi connectivity index (χ4n) is 1.97. The van der Waals surface area contributed by atoms with E-state index in [9.17, 15) is 4.79 Å². The van der Waals surface area contributed by atoms with Gasteiger partial charge in [0.05, 0.1) is 6.42 Å². The van der Waals surface area contributed by atoms with Gasteiger partial charge in [0.15, 0.2) is 0 Å². The Balaban J connectivity index is 2.26. The van der Waals surface area contributed by atoms with Crippen molar-refractivity contribution in [3.8, 4) is 0 Å². The average molecular weight is 220 g/mol. The molecule has 1 aromatic carbocycles. The number of aliphatic hydroxyl groups excluding tert-OH is 1. The third kappa shape index (κ3) is 1.88. The fraction of sp³-hybridized carbons (Fsp3) is 0.417. The zero-order valence-electron chi connectivity index (χ0n) is 9.31. The van der Waals surface area contributed by atoms with Gasteiger partial charge in [-0.15, -0.1) is 0 Å². The van der Waals surface area contributed by atoms with Crippen LogP contribution in [0.25, 0.3) is 0 Å². The molecular formula is C12H16N2O2. The predicted molar refractivity (Wildman–Crippen MR) is 63.2 cm³/mol. The van der Waals surface area contributed by atoms with Gasteiger partial charge >= 0.3 is 0 Å². The lowest BCUT2D eigenvalue weighted by Gasteiger charge is -2.20. The van der Waals surface area contributed by atoms with Gasteiger partial charge in [0.25, 0.3) is 0 Å². The highest BCUT2D eigenvalue weighted by Crippen LogP contribution is 2.30. The van der Waals surface area contributed by atoms with E-state index in [0.29, 0.717) is 18.7 Å². The molecule has 0 spiro atoms. The van der Waals surface area contributed by atoms with E-state index in [1.54, 1.807) is 11.0 Å². The van der Waals surface area contributed by atoms with E-state index in [-0.39, 0.29) is 18.4 Å². The first-order valence-electron chi connectivity index (χ1n) is 5.41. The molecule has 1 heterocycles. The molecule has 4 nitrogen and oxygen atoms in total. The van der Waals surface area contributed by atoms with Crippen molar-refractivity contribution >= 4 is 17.3 Å². The number of carbonyl (C=O) groups is 1. The molecule has 1 aliphatic rings. The highest BCUT2D eigenvalue weighted by atomic mass is 16.3. The number of amides is 1. The second-order valence-corrected chi connectivity index (χ2v) is 4.36. The molecule has 86 valence electrons. The van der Waals surface area contributed by atoms with Crippen LogP contribution in [-0.2, 0) is 11.2 Å². The Morgan fingerprint density at radius 1 is 1.56 bits per heavy atom. The van der Waals surface area contributed by atoms with Crippen molar-refractivity contribution < 1.29 is 9.90 Å². The minimum atomic E-state index is 0.0842. The first-order chi connectivity index (χ1) is 7.61. The summed E-state index contributed by atoms with van der Waals surface area (Å²) >= 11 is 0. The third-order valence-electron chi connectivity index (χ3n) is 2.84. The first kappa shape index (κ1) is 11.0. The van der Waals surface area contributed by atoms with Crippen molar-refractivity contribution in [2.24, 2.45) is 5.92 Å². The SMILES string of the molecule is CC(CO)CN1C(=O)Cc2cc(N)ccc21. The monoisotopic (exact) mass is 220 g/mol. The first-order valence-corrected chi connectivity index (χ1v) is 5.41. The second-order valence-electron chi connectivity index (χ2n) is 4.36. The van der Waals surface area contributed by atoms with Crippen LogP contribution in [-0.4, -0.2) is 24.2 Å². The molecular weight excluding hydrogens is 204 g/mol. The molecule has 0 saturated carbocycles. The minimum absolute atomic E-state index is 0.0842. The molecule has 0 aliphatic carbocycles. The Kier molecular flexibility index (Phi) is 2.83. The molecule has 4 heteroatoms. The summed E-state index contributed by atoms with van der Waals surface area (Å²) < 4.78 is 0. The summed E-state index contributed by atoms with van der Waals surface area (Å²) in [6.07, 6.45) is 0.415. The number of nitrogens with two attached hydrogens (primary N) is 1. The Labute approximate surface area is 94.7 Å². The zero-order chi connectivity index (χ0) is 11.7. The topological polar surface area (TPSA) is 66.6 Å². The molecule has 0 saturated heterocycles. The summed E-state index contributed by atoms with van der Waals surface area (Å²) in [4.78, 5) is 13.5. The van der Waals surface area contributed by atoms with E-state index in [0.717, 1.165) is 11.3 Å². The Morgan fingerprint density at radius 2 is 2.31 bits per heavy atom. The maximum absolute atomic E-state index is 11.8. The van der Waals surface area contributed by atoms with Crippen molar-refractivity contribution in [1.82, 2.24) is 0 Å². The molecule has 3 N–H and O–H groups in total. The maximum Gasteiger partial charge on any atom is 0.231 e. The van der Waals surface area contributed by atoms with Crippen LogP contribution in [0.1, 0.15) is 12.5 Å². The van der Waals surface area contributed by atoms with Gasteiger partial charge in [0.2, 0.25) is 5.91 Å². The van der Waals surface area contributed by atoms with Crippen LogP contribution in [0.2, 0.25) is 0 Å². The molecule has 16 heavy (non-hydrogen) atoms. The average Bonchev–Trinajstić information content (AvgIpc) is 2.54. The van der Waals surface area contributed by atoms with Crippen molar-refractivity contribution in [3.63, 3.8) is 0 Å². The maximum atomic E-state index is 11.8. The standard InChI is InChI=1S/C12H16N2O2/c1-8(7-15)6-14-11-3-2-10(13)4-9(11)5-12(14)16/h2-4,8,15H,5-7,13H2,1H3. The molecule has 0 fully saturated rings. The van der Waals surface area contributed by atoms with Crippen LogP contribution in [0.15, 0.2) is 18.2 Å². The predicted octanol–water partition coefficient (Wildman–Crippen LogP) is 0.786. The summed E-state index contributed by atoms with van der Waals surface area (Å²) in [7, 11) is 0. The molecule has 1 aliphatic heterocycles. The molecule has 0 bridgehead atoms. The summed E-state index contributed by atoms with van der Waals surface area (Å²) in [5, 5.41) is 9.02. The van der Waals surface area contributed by atoms with E-state index in [4.69, 9.17) is 10.8 Å². The van der Waals surface area contributed by atoms with E-state index in [1.165, 1.54) is 0 Å². The van der Waals surface area contributed by atoms with Crippen LogP contribution >= 0.6 is 0 Å². The van der Waals surface area contributed by atoms with Gasteiger partial charge in [-0.25, -0.2) is 0 Å². The molecule has 1 unspecified atom stereocenters. The van der Waals surface area contributed by atoms with Crippen LogP contribution in [0.3, 0.4) is 0 Å². The van der Waals surface area contributed by atoms with Gasteiger partial charge in [0, 0.05) is 24.5 Å². The Bertz CT molecular complexity index is 417. The Hall–Kier alpha value is -1.55. The second kappa shape index (κ2) is 4.14. The molecule has 0 aromatic heterocycles. The van der Waals surface area contributed by atoms with Gasteiger partial charge in [0.1, 0.15) is 0 Å². The van der Waals surface area contributed by atoms with Crippen molar-refractivity contribution in [1.29, 1.82) is 0 Å². The van der Waals surface area contributed by atoms with Crippen molar-refractivity contribution in [3.05, 3.63) is 23.8 Å². The van der Waals surface area contributed by atoms with Gasteiger partial charge in [-0.05, 0) is 29.7 Å². The van der Waals surface area contributed by atoms with Crippen molar-refractivity contribution in [2.75, 3.05) is 23.8 Å². The quantitative estimate of drug-likeness (QED) is 0.740. The smallest absolute Gasteiger partial charge is 0.231 e. The lowest BCUT2D eigenvalue weighted by atomic mass is 10.1. The Morgan fingerprint density at radius 3 is 3.00 bits per heavy atom. The fourth-order valence-corrected chi connectivity index (χ4v) is 1.97. The van der Waals surface area contributed by atoms with E-state index in [2.05, 4.69) is 0 Å². The number of fused-ring (bicyclic) bond motifs is 1.